The van der Waals surface area contributed by atoms with Crippen molar-refractivity contribution in [2.24, 2.45) is 0 Å². The lowest BCUT2D eigenvalue weighted by molar-refractivity contribution is -0.142. The standard InChI is InChI=1S/C29H29N5O6S/c1-39-22-4-3-5-23(40-2)26(22)28(36)30-19-8-6-17(7-9-19)14-20(29(37)38)31-27(35)21-10-11-24-32-33-25(34(21)24)15-18-12-13-41-16-18/h3-9,12-13,16,20-21H,10-11,14-15H2,1-2H3,(H,30,36)(H,31,35)(H,37,38). The number of ether oxygens (including phenoxy) is 2. The maximum absolute atomic E-state index is 13.3. The van der Waals surface area contributed by atoms with Crippen molar-refractivity contribution >= 4 is 34.8 Å². The number of aromatic nitrogens is 3. The summed E-state index contributed by atoms with van der Waals surface area (Å²) in [6.07, 6.45) is 1.75. The molecule has 41 heavy (non-hydrogen) atoms. The highest BCUT2D eigenvalue weighted by Crippen LogP contribution is 2.30. The minimum absolute atomic E-state index is 0.0686. The van der Waals surface area contributed by atoms with Crippen LogP contribution in [-0.4, -0.2) is 57.9 Å². The van der Waals surface area contributed by atoms with Gasteiger partial charge < -0.3 is 29.8 Å². The van der Waals surface area contributed by atoms with Crippen molar-refractivity contribution in [2.45, 2.75) is 37.8 Å². The highest BCUT2D eigenvalue weighted by atomic mass is 32.1. The predicted octanol–water partition coefficient (Wildman–Crippen LogP) is 3.50. The van der Waals surface area contributed by atoms with Gasteiger partial charge in [0.2, 0.25) is 5.91 Å². The summed E-state index contributed by atoms with van der Waals surface area (Å²) in [7, 11) is 2.94. The second-order valence-corrected chi connectivity index (χ2v) is 10.3. The first-order chi connectivity index (χ1) is 19.9. The average Bonchev–Trinajstić information content (AvgIpc) is 3.73. The molecule has 2 atom stereocenters. The Bertz CT molecular complexity index is 1530. The molecule has 212 valence electrons. The van der Waals surface area contributed by atoms with Crippen LogP contribution in [0.1, 0.15) is 45.6 Å². The largest absolute Gasteiger partial charge is 0.496 e. The Morgan fingerprint density at radius 3 is 2.41 bits per heavy atom. The summed E-state index contributed by atoms with van der Waals surface area (Å²) in [6.45, 7) is 0. The van der Waals surface area contributed by atoms with Gasteiger partial charge in [-0.05, 0) is 58.6 Å². The number of nitrogens with zero attached hydrogens (tertiary/aromatic N) is 3. The Hall–Kier alpha value is -4.71. The lowest BCUT2D eigenvalue weighted by Gasteiger charge is -2.20. The molecule has 3 N–H and O–H groups in total. The molecule has 2 aromatic heterocycles. The lowest BCUT2D eigenvalue weighted by atomic mass is 10.0. The molecule has 0 bridgehead atoms. The summed E-state index contributed by atoms with van der Waals surface area (Å²) in [5.74, 6) is 0.232. The number of thiophene rings is 1. The summed E-state index contributed by atoms with van der Waals surface area (Å²) < 4.78 is 12.4. The molecular formula is C29H29N5O6S. The molecule has 11 nitrogen and oxygen atoms in total. The topological polar surface area (TPSA) is 145 Å². The first-order valence-corrected chi connectivity index (χ1v) is 13.9. The zero-order valence-corrected chi connectivity index (χ0v) is 23.3. The average molecular weight is 576 g/mol. The van der Waals surface area contributed by atoms with Gasteiger partial charge in [-0.3, -0.25) is 9.59 Å². The Labute approximate surface area is 240 Å². The highest BCUT2D eigenvalue weighted by molar-refractivity contribution is 7.07. The van der Waals surface area contributed by atoms with Crippen LogP contribution < -0.4 is 20.1 Å². The van der Waals surface area contributed by atoms with Gasteiger partial charge in [-0.15, -0.1) is 10.2 Å². The van der Waals surface area contributed by atoms with Gasteiger partial charge in [-0.2, -0.15) is 11.3 Å². The molecule has 1 aliphatic rings. The van der Waals surface area contributed by atoms with Gasteiger partial charge in [0, 0.05) is 24.9 Å². The van der Waals surface area contributed by atoms with E-state index in [9.17, 15) is 19.5 Å². The number of carbonyl (C=O) groups excluding carboxylic acids is 2. The number of carbonyl (C=O) groups is 3. The molecule has 3 heterocycles. The van der Waals surface area contributed by atoms with Crippen molar-refractivity contribution in [1.82, 2.24) is 20.1 Å². The zero-order valence-electron chi connectivity index (χ0n) is 22.5. The van der Waals surface area contributed by atoms with Gasteiger partial charge in [0.1, 0.15) is 40.8 Å². The molecule has 2 aromatic carbocycles. The third-order valence-electron chi connectivity index (χ3n) is 6.96. The van der Waals surface area contributed by atoms with Gasteiger partial charge in [-0.25, -0.2) is 4.79 Å². The Balaban J connectivity index is 1.24. The maximum atomic E-state index is 13.3. The summed E-state index contributed by atoms with van der Waals surface area (Å²) in [4.78, 5) is 38.3. The summed E-state index contributed by atoms with van der Waals surface area (Å²) >= 11 is 1.59. The van der Waals surface area contributed by atoms with Crippen LogP contribution in [0.4, 0.5) is 5.69 Å². The van der Waals surface area contributed by atoms with Crippen molar-refractivity contribution in [3.8, 4) is 11.5 Å². The minimum atomic E-state index is -1.14. The van der Waals surface area contributed by atoms with E-state index in [0.717, 1.165) is 11.4 Å². The van der Waals surface area contributed by atoms with Crippen molar-refractivity contribution < 1.29 is 29.0 Å². The van der Waals surface area contributed by atoms with Crippen LogP contribution in [0.2, 0.25) is 0 Å². The number of aryl methyl sites for hydroxylation is 1. The van der Waals surface area contributed by atoms with Crippen molar-refractivity contribution in [1.29, 1.82) is 0 Å². The fourth-order valence-electron chi connectivity index (χ4n) is 4.93. The fourth-order valence-corrected chi connectivity index (χ4v) is 5.60. The van der Waals surface area contributed by atoms with E-state index in [1.165, 1.54) is 14.2 Å². The van der Waals surface area contributed by atoms with Crippen molar-refractivity contribution in [3.05, 3.63) is 87.6 Å². The van der Waals surface area contributed by atoms with Crippen molar-refractivity contribution in [2.75, 3.05) is 19.5 Å². The molecule has 12 heteroatoms. The van der Waals surface area contributed by atoms with E-state index >= 15 is 0 Å². The molecule has 0 spiro atoms. The molecular weight excluding hydrogens is 546 g/mol. The van der Waals surface area contributed by atoms with Gasteiger partial charge in [0.25, 0.3) is 5.91 Å². The third-order valence-corrected chi connectivity index (χ3v) is 7.69. The number of anilines is 1. The van der Waals surface area contributed by atoms with E-state index in [1.54, 1.807) is 53.8 Å². The number of amides is 2. The molecule has 0 fully saturated rings. The van der Waals surface area contributed by atoms with E-state index in [-0.39, 0.29) is 17.9 Å². The molecule has 4 aromatic rings. The SMILES string of the molecule is COc1cccc(OC)c1C(=O)Nc1ccc(CC(NC(=O)C2CCc3nnc(Cc4ccsc4)n32)C(=O)O)cc1. The first-order valence-electron chi connectivity index (χ1n) is 13.0. The van der Waals surface area contributed by atoms with Crippen LogP contribution in [0.15, 0.2) is 59.3 Å². The number of hydrogen-bond donors (Lipinski definition) is 3. The molecule has 2 unspecified atom stereocenters. The van der Waals surface area contributed by atoms with E-state index in [1.807, 2.05) is 21.4 Å². The number of nitrogens with one attached hydrogen (secondary N) is 2. The van der Waals surface area contributed by atoms with Crippen LogP contribution in [0.3, 0.4) is 0 Å². The molecule has 0 saturated heterocycles. The van der Waals surface area contributed by atoms with Gasteiger partial charge in [0.05, 0.1) is 14.2 Å². The van der Waals surface area contributed by atoms with Gasteiger partial charge >= 0.3 is 5.97 Å². The smallest absolute Gasteiger partial charge is 0.326 e. The van der Waals surface area contributed by atoms with E-state index in [2.05, 4.69) is 20.8 Å². The Morgan fingerprint density at radius 2 is 1.78 bits per heavy atom. The van der Waals surface area contributed by atoms with Crippen molar-refractivity contribution in [3.63, 3.8) is 0 Å². The number of rotatable bonds is 11. The van der Waals surface area contributed by atoms with Crippen LogP contribution in [0.5, 0.6) is 11.5 Å². The summed E-state index contributed by atoms with van der Waals surface area (Å²) in [5, 5.41) is 27.9. The first kappa shape index (κ1) is 27.8. The van der Waals surface area contributed by atoms with Crippen LogP contribution in [-0.2, 0) is 28.9 Å². The molecule has 1 aliphatic heterocycles. The number of aliphatic carboxylic acids is 1. The Morgan fingerprint density at radius 1 is 1.05 bits per heavy atom. The van der Waals surface area contributed by atoms with E-state index < -0.39 is 24.0 Å². The number of hydrogen-bond acceptors (Lipinski definition) is 8. The summed E-state index contributed by atoms with van der Waals surface area (Å²) in [5.41, 5.74) is 2.53. The van der Waals surface area contributed by atoms with Crippen LogP contribution >= 0.6 is 11.3 Å². The number of benzene rings is 2. The Kier molecular flexibility index (Phi) is 8.29. The van der Waals surface area contributed by atoms with Gasteiger partial charge in [-0.1, -0.05) is 18.2 Å². The number of fused-ring (bicyclic) bond motifs is 1. The molecule has 5 rings (SSSR count). The highest BCUT2D eigenvalue weighted by Gasteiger charge is 2.34. The molecule has 0 radical (unpaired) electrons. The maximum Gasteiger partial charge on any atom is 0.326 e. The number of methoxy groups -OCH3 is 2. The third kappa shape index (κ3) is 6.07. The monoisotopic (exact) mass is 575 g/mol. The van der Waals surface area contributed by atoms with E-state index in [0.29, 0.717) is 47.8 Å². The minimum Gasteiger partial charge on any atom is -0.496 e. The second-order valence-electron chi connectivity index (χ2n) is 9.56. The quantitative estimate of drug-likeness (QED) is 0.247. The molecule has 0 saturated carbocycles. The fraction of sp³-hybridized carbons (Fsp3) is 0.276. The van der Waals surface area contributed by atoms with Gasteiger partial charge in [0.15, 0.2) is 0 Å². The molecule has 0 aliphatic carbocycles. The van der Waals surface area contributed by atoms with Crippen LogP contribution in [0.25, 0.3) is 0 Å². The van der Waals surface area contributed by atoms with Crippen LogP contribution in [0, 0.1) is 0 Å². The normalized spacial score (nSPS) is 14.6. The number of carboxylic acid groups (broad SMARTS) is 1. The summed E-state index contributed by atoms with van der Waals surface area (Å²) in [6, 6.07) is 12.1. The second kappa shape index (κ2) is 12.2. The predicted molar refractivity (Wildman–Crippen MR) is 152 cm³/mol. The van der Waals surface area contributed by atoms with E-state index in [4.69, 9.17) is 9.47 Å². The zero-order chi connectivity index (χ0) is 28.9. The number of carboxylic acids is 1. The lowest BCUT2D eigenvalue weighted by Crippen LogP contribution is -2.45. The molecule has 2 amide bonds.